The Morgan fingerprint density at radius 2 is 2.03 bits per heavy atom. The quantitative estimate of drug-likeness (QED) is 0.222. The van der Waals surface area contributed by atoms with Crippen LogP contribution in [0.4, 0.5) is 13.2 Å². The van der Waals surface area contributed by atoms with Gasteiger partial charge in [-0.05, 0) is 57.2 Å². The number of rotatable bonds is 12. The van der Waals surface area contributed by atoms with Gasteiger partial charge in [0.2, 0.25) is 0 Å². The minimum Gasteiger partial charge on any atom is -0.491 e. The van der Waals surface area contributed by atoms with E-state index in [0.29, 0.717) is 31.7 Å². The Morgan fingerprint density at radius 3 is 2.71 bits per heavy atom. The number of carbonyl (C=O) groups is 1. The van der Waals surface area contributed by atoms with Gasteiger partial charge in [0, 0.05) is 18.8 Å². The van der Waals surface area contributed by atoms with Crippen LogP contribution >= 0.6 is 0 Å². The van der Waals surface area contributed by atoms with E-state index < -0.39 is 36.0 Å². The molecule has 0 spiro atoms. The molecule has 0 unspecified atom stereocenters. The van der Waals surface area contributed by atoms with E-state index in [4.69, 9.17) is 10.8 Å². The molecule has 1 aromatic carbocycles. The number of alkyl halides is 3. The minimum atomic E-state index is -4.58. The second-order valence-electron chi connectivity index (χ2n) is 8.95. The molecule has 1 fully saturated rings. The summed E-state index contributed by atoms with van der Waals surface area (Å²) in [5.74, 6) is -1.25. The number of carbonyl (C=O) groups excluding carboxylic acids is 1. The standard InChI is InChI=1S/C26H35F3O6/c1-17(2)35-25(33)11-6-4-3-5-10-21-22(24(32)15-23(21)31)13-12-19(30)16-34-20-9-7-8-18(14-20)26(27,28)29/h3,5,7-9,12-14,17,19,21-24,30-32H,4,6,10-11,15-16H2,1-2H3/b5-3+,13-12+/t19-,21-,22-,23+,24-/m1/s1/i9T. The highest BCUT2D eigenvalue weighted by molar-refractivity contribution is 5.69. The normalized spacial score (nSPS) is 24.3. The summed E-state index contributed by atoms with van der Waals surface area (Å²) < 4.78 is 56.6. The van der Waals surface area contributed by atoms with Crippen LogP contribution in [-0.4, -0.2) is 52.3 Å². The van der Waals surface area contributed by atoms with Gasteiger partial charge in [-0.2, -0.15) is 13.2 Å². The number of hydrogen-bond acceptors (Lipinski definition) is 6. The maximum absolute atomic E-state index is 12.9. The van der Waals surface area contributed by atoms with Crippen LogP contribution in [0.3, 0.4) is 0 Å². The van der Waals surface area contributed by atoms with Crippen LogP contribution in [0.15, 0.2) is 48.5 Å². The summed E-state index contributed by atoms with van der Waals surface area (Å²) in [6.45, 7) is 3.21. The van der Waals surface area contributed by atoms with Crippen molar-refractivity contribution in [3.63, 3.8) is 0 Å². The molecular weight excluding hydrogens is 465 g/mol. The molecule has 2 rings (SSSR count). The first-order valence-corrected chi connectivity index (χ1v) is 11.8. The van der Waals surface area contributed by atoms with Gasteiger partial charge < -0.3 is 24.8 Å². The van der Waals surface area contributed by atoms with Gasteiger partial charge in [-0.15, -0.1) is 0 Å². The molecule has 0 bridgehead atoms. The molecule has 1 aromatic rings. The molecule has 5 atom stereocenters. The highest BCUT2D eigenvalue weighted by atomic mass is 19.4. The Morgan fingerprint density at radius 1 is 1.29 bits per heavy atom. The maximum Gasteiger partial charge on any atom is 0.416 e. The predicted octanol–water partition coefficient (Wildman–Crippen LogP) is 4.43. The first-order valence-electron chi connectivity index (χ1n) is 12.3. The summed E-state index contributed by atoms with van der Waals surface area (Å²) in [7, 11) is 0. The van der Waals surface area contributed by atoms with Crippen LogP contribution < -0.4 is 4.74 Å². The lowest BCUT2D eigenvalue weighted by Crippen LogP contribution is -2.21. The Hall–Kier alpha value is -2.36. The predicted molar refractivity (Wildman–Crippen MR) is 125 cm³/mol. The number of hydrogen-bond donors (Lipinski definition) is 3. The van der Waals surface area contributed by atoms with Crippen molar-refractivity contribution >= 4 is 5.97 Å². The largest absolute Gasteiger partial charge is 0.491 e. The average molecular weight is 503 g/mol. The van der Waals surface area contributed by atoms with Crippen LogP contribution in [0.25, 0.3) is 0 Å². The summed E-state index contributed by atoms with van der Waals surface area (Å²) in [6, 6.07) is 2.24. The Kier molecular flexibility index (Phi) is 10.6. The topological polar surface area (TPSA) is 96.2 Å². The van der Waals surface area contributed by atoms with Gasteiger partial charge in [-0.1, -0.05) is 30.4 Å². The lowest BCUT2D eigenvalue weighted by molar-refractivity contribution is -0.147. The molecule has 196 valence electrons. The molecule has 0 amide bonds. The third-order valence-electron chi connectivity index (χ3n) is 5.68. The van der Waals surface area contributed by atoms with Crippen LogP contribution in [-0.2, 0) is 15.7 Å². The molecular formula is C26H35F3O6. The van der Waals surface area contributed by atoms with Crippen molar-refractivity contribution in [2.45, 2.75) is 76.5 Å². The average Bonchev–Trinajstić information content (AvgIpc) is 3.04. The summed E-state index contributed by atoms with van der Waals surface area (Å²) in [5.41, 5.74) is -0.951. The van der Waals surface area contributed by atoms with Crippen LogP contribution in [0, 0.1) is 11.8 Å². The van der Waals surface area contributed by atoms with Crippen LogP contribution in [0.2, 0.25) is 0 Å². The van der Waals surface area contributed by atoms with Crippen LogP contribution in [0.1, 0.15) is 52.9 Å². The SMILES string of the molecule is [3H]c1ccc(C(F)(F)F)cc1OC[C@H](O)/C=C/[C@@H]1[C@@H](C/C=C/CCCC(=O)OC(C)C)[C@@H](O)C[C@H]1O. The summed E-state index contributed by atoms with van der Waals surface area (Å²) >= 11 is 0. The first kappa shape index (κ1) is 27.2. The van der Waals surface area contributed by atoms with E-state index in [1.807, 2.05) is 12.2 Å². The van der Waals surface area contributed by atoms with E-state index >= 15 is 0 Å². The smallest absolute Gasteiger partial charge is 0.416 e. The van der Waals surface area contributed by atoms with E-state index in [9.17, 15) is 33.3 Å². The second kappa shape index (κ2) is 13.7. The number of benzene rings is 1. The number of ether oxygens (including phenoxy) is 2. The molecule has 0 saturated heterocycles. The van der Waals surface area contributed by atoms with E-state index in [1.165, 1.54) is 6.08 Å². The van der Waals surface area contributed by atoms with Gasteiger partial charge >= 0.3 is 12.1 Å². The lowest BCUT2D eigenvalue weighted by atomic mass is 9.89. The minimum absolute atomic E-state index is 0.144. The van der Waals surface area contributed by atoms with Crippen molar-refractivity contribution < 1.29 is 44.1 Å². The third kappa shape index (κ3) is 10.0. The molecule has 0 aromatic heterocycles. The second-order valence-corrected chi connectivity index (χ2v) is 8.95. The maximum atomic E-state index is 12.9. The zero-order valence-electron chi connectivity index (χ0n) is 20.9. The van der Waals surface area contributed by atoms with Crippen LogP contribution in [0.5, 0.6) is 5.75 Å². The molecule has 6 nitrogen and oxygen atoms in total. The Labute approximate surface area is 205 Å². The summed E-state index contributed by atoms with van der Waals surface area (Å²) in [4.78, 5) is 11.5. The van der Waals surface area contributed by atoms with E-state index in [0.717, 1.165) is 12.1 Å². The van der Waals surface area contributed by atoms with E-state index in [2.05, 4.69) is 0 Å². The van der Waals surface area contributed by atoms with Crippen molar-refractivity contribution in [1.29, 1.82) is 0 Å². The molecule has 35 heavy (non-hydrogen) atoms. The molecule has 1 aliphatic rings. The van der Waals surface area contributed by atoms with Gasteiger partial charge in [0.15, 0.2) is 0 Å². The van der Waals surface area contributed by atoms with Gasteiger partial charge in [0.05, 0.1) is 25.2 Å². The third-order valence-corrected chi connectivity index (χ3v) is 5.68. The number of halogens is 3. The molecule has 1 aliphatic carbocycles. The fraction of sp³-hybridized carbons (Fsp3) is 0.577. The fourth-order valence-corrected chi connectivity index (χ4v) is 3.96. The van der Waals surface area contributed by atoms with Crippen molar-refractivity contribution in [3.8, 4) is 5.75 Å². The van der Waals surface area contributed by atoms with Crippen molar-refractivity contribution in [2.24, 2.45) is 11.8 Å². The number of allylic oxidation sites excluding steroid dienone is 2. The first-order chi connectivity index (χ1) is 16.9. The number of unbranched alkanes of at least 4 members (excludes halogenated alkanes) is 1. The van der Waals surface area contributed by atoms with Gasteiger partial charge in [0.1, 0.15) is 18.5 Å². The highest BCUT2D eigenvalue weighted by Gasteiger charge is 2.39. The van der Waals surface area contributed by atoms with Gasteiger partial charge in [-0.3, -0.25) is 4.79 Å². The van der Waals surface area contributed by atoms with E-state index in [1.54, 1.807) is 19.9 Å². The number of aliphatic hydroxyl groups is 3. The Balaban J connectivity index is 1.86. The highest BCUT2D eigenvalue weighted by Crippen LogP contribution is 2.36. The lowest BCUT2D eigenvalue weighted by Gasteiger charge is -2.19. The van der Waals surface area contributed by atoms with Gasteiger partial charge in [0.25, 0.3) is 0 Å². The van der Waals surface area contributed by atoms with Gasteiger partial charge in [-0.25, -0.2) is 0 Å². The fourth-order valence-electron chi connectivity index (χ4n) is 3.96. The number of esters is 1. The molecule has 0 radical (unpaired) electrons. The van der Waals surface area contributed by atoms with Crippen molar-refractivity contribution in [1.82, 2.24) is 0 Å². The van der Waals surface area contributed by atoms with E-state index in [-0.39, 0.29) is 42.8 Å². The molecule has 0 heterocycles. The van der Waals surface area contributed by atoms with Crippen molar-refractivity contribution in [2.75, 3.05) is 6.61 Å². The molecule has 9 heteroatoms. The molecule has 1 saturated carbocycles. The Bertz CT molecular complexity index is 902. The molecule has 3 N–H and O–H groups in total. The monoisotopic (exact) mass is 502 g/mol. The zero-order valence-corrected chi connectivity index (χ0v) is 19.9. The molecule has 0 aliphatic heterocycles. The zero-order chi connectivity index (χ0) is 26.9. The van der Waals surface area contributed by atoms with Crippen molar-refractivity contribution in [3.05, 3.63) is 54.1 Å². The summed E-state index contributed by atoms with van der Waals surface area (Å²) in [5, 5.41) is 30.9. The summed E-state index contributed by atoms with van der Waals surface area (Å²) in [6.07, 6.45) is 1.62. The number of aliphatic hydroxyl groups excluding tert-OH is 3.